The quantitative estimate of drug-likeness (QED) is 0.226. The molecule has 2 aromatic carbocycles. The second-order valence-electron chi connectivity index (χ2n) is 9.63. The molecule has 0 spiro atoms. The van der Waals surface area contributed by atoms with Crippen molar-refractivity contribution in [2.45, 2.75) is 6.42 Å². The number of fused-ring (bicyclic) bond motifs is 1. The Morgan fingerprint density at radius 1 is 1.14 bits per heavy atom. The maximum absolute atomic E-state index is 15.8. The fourth-order valence-corrected chi connectivity index (χ4v) is 5.65. The molecule has 0 atom stereocenters. The highest BCUT2D eigenvalue weighted by Crippen LogP contribution is 2.39. The number of carboxylic acid groups (broad SMARTS) is 1. The van der Waals surface area contributed by atoms with Crippen molar-refractivity contribution in [2.24, 2.45) is 0 Å². The predicted octanol–water partition coefficient (Wildman–Crippen LogP) is 3.48. The minimum absolute atomic E-state index is 0.00695. The van der Waals surface area contributed by atoms with Crippen LogP contribution in [-0.2, 0) is 19.6 Å². The van der Waals surface area contributed by atoms with Crippen LogP contribution < -0.4 is 20.1 Å². The van der Waals surface area contributed by atoms with E-state index in [-0.39, 0.29) is 40.3 Å². The SMILES string of the molecule is Nc1ccc(-c2nc(N3CCOCC3)c3cc(-c4cccc(NS(=O)(=O)CCCF)c4F)cc(OCC(=O)O)c3n2)cn1. The van der Waals surface area contributed by atoms with E-state index in [1.807, 2.05) is 4.90 Å². The van der Waals surface area contributed by atoms with Crippen LogP contribution in [0.2, 0.25) is 0 Å². The topological polar surface area (TPSA) is 170 Å². The highest BCUT2D eigenvalue weighted by Gasteiger charge is 2.23. The zero-order valence-corrected chi connectivity index (χ0v) is 23.6. The minimum atomic E-state index is -4.01. The summed E-state index contributed by atoms with van der Waals surface area (Å²) >= 11 is 0. The van der Waals surface area contributed by atoms with Crippen LogP contribution in [0.3, 0.4) is 0 Å². The molecular weight excluding hydrogens is 586 g/mol. The molecule has 0 saturated carbocycles. The van der Waals surface area contributed by atoms with Gasteiger partial charge in [0.15, 0.2) is 18.2 Å². The molecule has 5 rings (SSSR count). The van der Waals surface area contributed by atoms with Gasteiger partial charge in [-0.1, -0.05) is 12.1 Å². The van der Waals surface area contributed by atoms with Gasteiger partial charge in [0.2, 0.25) is 10.0 Å². The number of alkyl halides is 1. The molecular formula is C28H28F2N6O6S. The molecule has 4 N–H and O–H groups in total. The molecule has 1 fully saturated rings. The number of ether oxygens (including phenoxy) is 2. The van der Waals surface area contributed by atoms with Crippen LogP contribution in [0.15, 0.2) is 48.7 Å². The van der Waals surface area contributed by atoms with Crippen LogP contribution in [0.25, 0.3) is 33.4 Å². The van der Waals surface area contributed by atoms with Crippen LogP contribution >= 0.6 is 0 Å². The molecule has 1 aliphatic rings. The van der Waals surface area contributed by atoms with Gasteiger partial charge in [-0.2, -0.15) is 0 Å². The summed E-state index contributed by atoms with van der Waals surface area (Å²) in [4.78, 5) is 27.0. The normalized spacial score (nSPS) is 13.7. The third kappa shape index (κ3) is 6.89. The standard InChI is InChI=1S/C28H28F2N6O6S/c29-7-2-12-43(39,40)35-21-4-1-3-19(25(21)30)18-13-20-26(22(14-18)42-16-24(37)38)33-27(17-5-6-23(31)32-15-17)34-28(20)36-8-10-41-11-9-36/h1,3-6,13-15,35H,2,7-12,16H2,(H2,31,32)(H,37,38). The summed E-state index contributed by atoms with van der Waals surface area (Å²) in [5.74, 6) is -1.52. The average molecular weight is 615 g/mol. The predicted molar refractivity (Wildman–Crippen MR) is 157 cm³/mol. The van der Waals surface area contributed by atoms with E-state index >= 15 is 4.39 Å². The van der Waals surface area contributed by atoms with Gasteiger partial charge in [-0.15, -0.1) is 0 Å². The fourth-order valence-electron chi connectivity index (χ4n) is 4.57. The first-order valence-electron chi connectivity index (χ1n) is 13.3. The van der Waals surface area contributed by atoms with Gasteiger partial charge in [0.1, 0.15) is 22.9 Å². The molecule has 1 saturated heterocycles. The lowest BCUT2D eigenvalue weighted by molar-refractivity contribution is -0.139. The Kier molecular flexibility index (Phi) is 8.82. The lowest BCUT2D eigenvalue weighted by atomic mass is 10.0. The average Bonchev–Trinajstić information content (AvgIpc) is 3.00. The van der Waals surface area contributed by atoms with Gasteiger partial charge in [-0.25, -0.2) is 32.6 Å². The van der Waals surface area contributed by atoms with Crippen molar-refractivity contribution >= 4 is 44.2 Å². The summed E-state index contributed by atoms with van der Waals surface area (Å²) in [6, 6.07) is 10.5. The number of morpholine rings is 1. The number of hydrogen-bond acceptors (Lipinski definition) is 10. The largest absolute Gasteiger partial charge is 0.480 e. The van der Waals surface area contributed by atoms with Gasteiger partial charge < -0.3 is 25.2 Å². The first kappa shape index (κ1) is 29.8. The van der Waals surface area contributed by atoms with E-state index in [2.05, 4.69) is 14.7 Å². The number of carbonyl (C=O) groups is 1. The van der Waals surface area contributed by atoms with Crippen molar-refractivity contribution < 1.29 is 36.6 Å². The third-order valence-electron chi connectivity index (χ3n) is 6.57. The van der Waals surface area contributed by atoms with Crippen molar-refractivity contribution in [2.75, 3.05) is 60.7 Å². The number of nitrogens with one attached hydrogen (secondary N) is 1. The highest BCUT2D eigenvalue weighted by atomic mass is 32.2. The van der Waals surface area contributed by atoms with Crippen LogP contribution in [-0.4, -0.2) is 79.8 Å². The molecule has 0 aliphatic carbocycles. The van der Waals surface area contributed by atoms with Gasteiger partial charge in [0, 0.05) is 35.8 Å². The number of benzene rings is 2. The van der Waals surface area contributed by atoms with Crippen molar-refractivity contribution in [1.82, 2.24) is 15.0 Å². The summed E-state index contributed by atoms with van der Waals surface area (Å²) < 4.78 is 66.4. The van der Waals surface area contributed by atoms with Crippen molar-refractivity contribution in [1.29, 1.82) is 0 Å². The first-order valence-corrected chi connectivity index (χ1v) is 14.9. The summed E-state index contributed by atoms with van der Waals surface area (Å²) in [6.45, 7) is 0.323. The molecule has 4 aromatic rings. The molecule has 15 heteroatoms. The van der Waals surface area contributed by atoms with Gasteiger partial charge in [0.25, 0.3) is 0 Å². The molecule has 0 bridgehead atoms. The van der Waals surface area contributed by atoms with E-state index in [0.29, 0.717) is 48.9 Å². The smallest absolute Gasteiger partial charge is 0.341 e. The monoisotopic (exact) mass is 614 g/mol. The molecule has 2 aromatic heterocycles. The van der Waals surface area contributed by atoms with E-state index in [1.54, 1.807) is 18.2 Å². The summed E-state index contributed by atoms with van der Waals surface area (Å²) in [7, 11) is -4.01. The van der Waals surface area contributed by atoms with Crippen LogP contribution in [0.5, 0.6) is 5.75 Å². The number of nitrogens with zero attached hydrogens (tertiary/aromatic N) is 4. The number of nitrogen functional groups attached to an aromatic ring is 1. The summed E-state index contributed by atoms with van der Waals surface area (Å²) in [5, 5.41) is 9.80. The van der Waals surface area contributed by atoms with Crippen molar-refractivity contribution in [3.63, 3.8) is 0 Å². The Morgan fingerprint density at radius 3 is 2.63 bits per heavy atom. The lowest BCUT2D eigenvalue weighted by Crippen LogP contribution is -2.37. The minimum Gasteiger partial charge on any atom is -0.480 e. The number of aliphatic carboxylic acids is 1. The van der Waals surface area contributed by atoms with Crippen LogP contribution in [0.1, 0.15) is 6.42 Å². The Hall–Kier alpha value is -4.63. The van der Waals surface area contributed by atoms with E-state index in [1.165, 1.54) is 30.5 Å². The zero-order valence-electron chi connectivity index (χ0n) is 22.8. The number of anilines is 3. The first-order chi connectivity index (χ1) is 20.6. The number of nitrogens with two attached hydrogens (primary N) is 1. The number of halogens is 2. The maximum Gasteiger partial charge on any atom is 0.341 e. The molecule has 0 amide bonds. The molecule has 43 heavy (non-hydrogen) atoms. The molecule has 0 radical (unpaired) electrons. The zero-order chi connectivity index (χ0) is 30.6. The number of sulfonamides is 1. The Morgan fingerprint density at radius 2 is 1.93 bits per heavy atom. The number of carboxylic acids is 1. The van der Waals surface area contributed by atoms with Crippen LogP contribution in [0, 0.1) is 5.82 Å². The van der Waals surface area contributed by atoms with Crippen LogP contribution in [0.4, 0.5) is 26.1 Å². The second kappa shape index (κ2) is 12.7. The number of aromatic nitrogens is 3. The molecule has 0 unspecified atom stereocenters. The number of pyridine rings is 1. The van der Waals surface area contributed by atoms with E-state index in [4.69, 9.17) is 20.2 Å². The fraction of sp³-hybridized carbons (Fsp3) is 0.286. The summed E-state index contributed by atoms with van der Waals surface area (Å²) in [5.41, 5.74) is 6.53. The Bertz CT molecular complexity index is 1750. The van der Waals surface area contributed by atoms with Gasteiger partial charge in [-0.3, -0.25) is 9.11 Å². The van der Waals surface area contributed by atoms with Gasteiger partial charge in [0.05, 0.1) is 31.3 Å². The van der Waals surface area contributed by atoms with Crippen molar-refractivity contribution in [3.8, 4) is 28.3 Å². The Labute approximate surface area is 245 Å². The Balaban J connectivity index is 1.70. The van der Waals surface area contributed by atoms with Gasteiger partial charge >= 0.3 is 5.97 Å². The van der Waals surface area contributed by atoms with E-state index in [0.717, 1.165) is 0 Å². The van der Waals surface area contributed by atoms with Crippen molar-refractivity contribution in [3.05, 3.63) is 54.5 Å². The highest BCUT2D eigenvalue weighted by molar-refractivity contribution is 7.92. The number of hydrogen-bond donors (Lipinski definition) is 3. The molecule has 226 valence electrons. The maximum atomic E-state index is 15.8. The lowest BCUT2D eigenvalue weighted by Gasteiger charge is -2.29. The van der Waals surface area contributed by atoms with E-state index < -0.39 is 40.8 Å². The molecule has 12 nitrogen and oxygen atoms in total. The second-order valence-corrected chi connectivity index (χ2v) is 11.5. The number of rotatable bonds is 11. The third-order valence-corrected chi connectivity index (χ3v) is 7.93. The summed E-state index contributed by atoms with van der Waals surface area (Å²) in [6.07, 6.45) is 1.28. The van der Waals surface area contributed by atoms with Gasteiger partial charge in [-0.05, 0) is 42.3 Å². The molecule has 3 heterocycles. The van der Waals surface area contributed by atoms with E-state index in [9.17, 15) is 22.7 Å². The molecule has 1 aliphatic heterocycles.